The third-order valence-electron chi connectivity index (χ3n) is 2.95. The summed E-state index contributed by atoms with van der Waals surface area (Å²) in [5, 5.41) is 5.64. The molecule has 3 N–H and O–H groups in total. The lowest BCUT2D eigenvalue weighted by molar-refractivity contribution is -0.117. The lowest BCUT2D eigenvalue weighted by Crippen LogP contribution is -2.43. The summed E-state index contributed by atoms with van der Waals surface area (Å²) in [7, 11) is 0. The average molecular weight is 306 g/mol. The summed E-state index contributed by atoms with van der Waals surface area (Å²) < 4.78 is 0. The number of thioether (sulfide) groups is 1. The number of aromatic nitrogens is 2. The quantitative estimate of drug-likeness (QED) is 0.740. The van der Waals surface area contributed by atoms with Gasteiger partial charge in [-0.15, -0.1) is 0 Å². The Morgan fingerprint density at radius 1 is 1.38 bits per heavy atom. The standard InChI is InChI=1S/C14H18N4O2S/c1-3-9(2)15-13(20)18-12(19)8-21-14-16-10-6-4-5-7-11(10)17-14/h4-7,9H,3,8H2,1-2H3,(H,16,17)(H2,15,18,19,20)/t9-/m0/s1. The van der Waals surface area contributed by atoms with Gasteiger partial charge in [-0.1, -0.05) is 30.8 Å². The summed E-state index contributed by atoms with van der Waals surface area (Å²) in [5.74, 6) is -0.213. The molecule has 1 aromatic carbocycles. The predicted molar refractivity (Wildman–Crippen MR) is 83.2 cm³/mol. The third kappa shape index (κ3) is 4.49. The molecule has 0 aliphatic rings. The number of aromatic amines is 1. The minimum atomic E-state index is -0.459. The molecule has 0 bridgehead atoms. The van der Waals surface area contributed by atoms with Crippen molar-refractivity contribution in [2.24, 2.45) is 0 Å². The first-order chi connectivity index (χ1) is 10.1. The topological polar surface area (TPSA) is 86.9 Å². The Morgan fingerprint density at radius 3 is 2.86 bits per heavy atom. The second-order valence-electron chi connectivity index (χ2n) is 4.68. The number of rotatable bonds is 5. The van der Waals surface area contributed by atoms with Crippen molar-refractivity contribution in [1.82, 2.24) is 20.6 Å². The zero-order chi connectivity index (χ0) is 15.2. The highest BCUT2D eigenvalue weighted by Gasteiger charge is 2.11. The fraction of sp³-hybridized carbons (Fsp3) is 0.357. The second kappa shape index (κ2) is 7.12. The SMILES string of the molecule is CC[C@H](C)NC(=O)NC(=O)CSc1nc2ccccc2[nH]1. The molecule has 2 rings (SSSR count). The van der Waals surface area contributed by atoms with Crippen molar-refractivity contribution in [3.63, 3.8) is 0 Å². The molecule has 0 saturated carbocycles. The van der Waals surface area contributed by atoms with Crippen molar-refractivity contribution in [1.29, 1.82) is 0 Å². The molecule has 0 spiro atoms. The molecule has 7 heteroatoms. The number of para-hydroxylation sites is 2. The van der Waals surface area contributed by atoms with Crippen LogP contribution in [0.15, 0.2) is 29.4 Å². The fourth-order valence-corrected chi connectivity index (χ4v) is 2.34. The molecule has 0 fully saturated rings. The smallest absolute Gasteiger partial charge is 0.321 e. The van der Waals surface area contributed by atoms with Gasteiger partial charge < -0.3 is 10.3 Å². The van der Waals surface area contributed by atoms with Crippen molar-refractivity contribution in [2.75, 3.05) is 5.75 Å². The molecule has 0 radical (unpaired) electrons. The lowest BCUT2D eigenvalue weighted by Gasteiger charge is -2.11. The number of imide groups is 1. The highest BCUT2D eigenvalue weighted by atomic mass is 32.2. The number of imidazole rings is 1. The van der Waals surface area contributed by atoms with Crippen LogP contribution in [0, 0.1) is 0 Å². The Bertz CT molecular complexity index is 608. The van der Waals surface area contributed by atoms with Gasteiger partial charge in [-0.25, -0.2) is 9.78 Å². The van der Waals surface area contributed by atoms with Crippen LogP contribution in [0.25, 0.3) is 11.0 Å². The van der Waals surface area contributed by atoms with Gasteiger partial charge >= 0.3 is 6.03 Å². The molecule has 6 nitrogen and oxygen atoms in total. The van der Waals surface area contributed by atoms with Crippen molar-refractivity contribution in [3.05, 3.63) is 24.3 Å². The molecule has 0 aliphatic carbocycles. The number of hydrogen-bond acceptors (Lipinski definition) is 4. The van der Waals surface area contributed by atoms with Crippen molar-refractivity contribution in [2.45, 2.75) is 31.5 Å². The monoisotopic (exact) mass is 306 g/mol. The zero-order valence-corrected chi connectivity index (χ0v) is 12.8. The Kier molecular flexibility index (Phi) is 5.21. The summed E-state index contributed by atoms with van der Waals surface area (Å²) in [6.45, 7) is 3.84. The van der Waals surface area contributed by atoms with Crippen molar-refractivity contribution >= 4 is 34.7 Å². The number of urea groups is 1. The van der Waals surface area contributed by atoms with Gasteiger partial charge in [-0.2, -0.15) is 0 Å². The van der Waals surface area contributed by atoms with Gasteiger partial charge in [0.25, 0.3) is 0 Å². The Morgan fingerprint density at radius 2 is 2.14 bits per heavy atom. The van der Waals surface area contributed by atoms with Gasteiger partial charge in [-0.05, 0) is 25.5 Å². The molecule has 0 unspecified atom stereocenters. The maximum atomic E-state index is 11.7. The van der Waals surface area contributed by atoms with Crippen LogP contribution in [0.3, 0.4) is 0 Å². The number of benzene rings is 1. The average Bonchev–Trinajstić information content (AvgIpc) is 2.87. The second-order valence-corrected chi connectivity index (χ2v) is 5.64. The van der Waals surface area contributed by atoms with E-state index in [1.165, 1.54) is 11.8 Å². The highest BCUT2D eigenvalue weighted by molar-refractivity contribution is 7.99. The Labute approximate surface area is 127 Å². The molecular formula is C14H18N4O2S. The number of carbonyl (C=O) groups is 2. The van der Waals surface area contributed by atoms with E-state index >= 15 is 0 Å². The van der Waals surface area contributed by atoms with E-state index in [-0.39, 0.29) is 17.7 Å². The van der Waals surface area contributed by atoms with Crippen LogP contribution in [0.4, 0.5) is 4.79 Å². The molecule has 1 heterocycles. The summed E-state index contributed by atoms with van der Waals surface area (Å²) in [6.07, 6.45) is 0.815. The summed E-state index contributed by atoms with van der Waals surface area (Å²) in [5.41, 5.74) is 1.78. The minimum Gasteiger partial charge on any atom is -0.335 e. The lowest BCUT2D eigenvalue weighted by atomic mass is 10.3. The fourth-order valence-electron chi connectivity index (χ4n) is 1.66. The highest BCUT2D eigenvalue weighted by Crippen LogP contribution is 2.18. The van der Waals surface area contributed by atoms with Gasteiger partial charge in [0.2, 0.25) is 5.91 Å². The molecule has 1 atom stereocenters. The van der Waals surface area contributed by atoms with Crippen LogP contribution < -0.4 is 10.6 Å². The number of amides is 3. The van der Waals surface area contributed by atoms with E-state index in [0.717, 1.165) is 17.5 Å². The van der Waals surface area contributed by atoms with E-state index < -0.39 is 6.03 Å². The van der Waals surface area contributed by atoms with Gasteiger partial charge in [-0.3, -0.25) is 10.1 Å². The Hall–Kier alpha value is -2.02. The first-order valence-corrected chi connectivity index (χ1v) is 7.75. The number of nitrogens with one attached hydrogen (secondary N) is 3. The van der Waals surface area contributed by atoms with Crippen LogP contribution >= 0.6 is 11.8 Å². The summed E-state index contributed by atoms with van der Waals surface area (Å²) >= 11 is 1.26. The van der Waals surface area contributed by atoms with Crippen LogP contribution in [0.5, 0.6) is 0 Å². The molecule has 21 heavy (non-hydrogen) atoms. The summed E-state index contributed by atoms with van der Waals surface area (Å²) in [6, 6.07) is 7.23. The number of carbonyl (C=O) groups excluding carboxylic acids is 2. The van der Waals surface area contributed by atoms with Gasteiger partial charge in [0, 0.05) is 6.04 Å². The third-order valence-corrected chi connectivity index (χ3v) is 3.82. The number of nitrogens with zero attached hydrogens (tertiary/aromatic N) is 1. The molecule has 2 aromatic rings. The first kappa shape index (κ1) is 15.4. The summed E-state index contributed by atoms with van der Waals surface area (Å²) in [4.78, 5) is 30.6. The molecule has 3 amide bonds. The number of hydrogen-bond donors (Lipinski definition) is 3. The van der Waals surface area contributed by atoms with E-state index in [0.29, 0.717) is 5.16 Å². The zero-order valence-electron chi connectivity index (χ0n) is 12.0. The number of H-pyrrole nitrogens is 1. The van der Waals surface area contributed by atoms with Crippen molar-refractivity contribution < 1.29 is 9.59 Å². The maximum Gasteiger partial charge on any atom is 0.321 e. The first-order valence-electron chi connectivity index (χ1n) is 6.76. The van der Waals surface area contributed by atoms with E-state index in [2.05, 4.69) is 20.6 Å². The van der Waals surface area contributed by atoms with Crippen LogP contribution in [0.1, 0.15) is 20.3 Å². The van der Waals surface area contributed by atoms with E-state index in [4.69, 9.17) is 0 Å². The van der Waals surface area contributed by atoms with Gasteiger partial charge in [0.15, 0.2) is 5.16 Å². The van der Waals surface area contributed by atoms with Crippen LogP contribution in [-0.4, -0.2) is 33.7 Å². The largest absolute Gasteiger partial charge is 0.335 e. The molecule has 0 saturated heterocycles. The predicted octanol–water partition coefficient (Wildman–Crippen LogP) is 2.28. The minimum absolute atomic E-state index is 0.0424. The molecule has 0 aliphatic heterocycles. The maximum absolute atomic E-state index is 11.7. The van der Waals surface area contributed by atoms with Crippen LogP contribution in [-0.2, 0) is 4.79 Å². The van der Waals surface area contributed by atoms with Gasteiger partial charge in [0.05, 0.1) is 16.8 Å². The van der Waals surface area contributed by atoms with Gasteiger partial charge in [0.1, 0.15) is 0 Å². The van der Waals surface area contributed by atoms with E-state index in [9.17, 15) is 9.59 Å². The van der Waals surface area contributed by atoms with Crippen molar-refractivity contribution in [3.8, 4) is 0 Å². The van der Waals surface area contributed by atoms with Crippen LogP contribution in [0.2, 0.25) is 0 Å². The molecular weight excluding hydrogens is 288 g/mol. The van der Waals surface area contributed by atoms with E-state index in [1.807, 2.05) is 38.1 Å². The molecule has 1 aromatic heterocycles. The Balaban J connectivity index is 1.82. The van der Waals surface area contributed by atoms with E-state index in [1.54, 1.807) is 0 Å². The molecule has 112 valence electrons. The normalized spacial score (nSPS) is 12.1. The number of fused-ring (bicyclic) bond motifs is 1.